The maximum Gasteiger partial charge on any atom is 0.270 e. The van der Waals surface area contributed by atoms with Gasteiger partial charge in [-0.05, 0) is 31.0 Å². The summed E-state index contributed by atoms with van der Waals surface area (Å²) in [5.74, 6) is -0.127. The topological polar surface area (TPSA) is 65.6 Å². The standard InChI is InChI=1S/C18H24N2O3/c1-13-9-14(2)19-17(13)18(22)20(3)10-16(21)12-23-11-15-7-5-4-6-8-15/h4-9,16,19,21H,10-12H2,1-3H3. The number of likely N-dealkylation sites (N-methyl/N-ethyl adjacent to an activating group) is 1. The van der Waals surface area contributed by atoms with Gasteiger partial charge in [-0.1, -0.05) is 30.3 Å². The number of aliphatic hydroxyl groups is 1. The highest BCUT2D eigenvalue weighted by Crippen LogP contribution is 2.11. The van der Waals surface area contributed by atoms with E-state index in [-0.39, 0.29) is 19.1 Å². The van der Waals surface area contributed by atoms with Gasteiger partial charge in [0.05, 0.1) is 19.3 Å². The number of aromatic amines is 1. The first-order valence-electron chi connectivity index (χ1n) is 7.68. The lowest BCUT2D eigenvalue weighted by Gasteiger charge is -2.21. The van der Waals surface area contributed by atoms with Crippen LogP contribution in [0.1, 0.15) is 27.3 Å². The number of amides is 1. The number of aliphatic hydroxyl groups excluding tert-OH is 1. The molecule has 0 radical (unpaired) electrons. The normalized spacial score (nSPS) is 12.2. The van der Waals surface area contributed by atoms with Gasteiger partial charge in [0.15, 0.2) is 0 Å². The van der Waals surface area contributed by atoms with Crippen LogP contribution in [0.2, 0.25) is 0 Å². The van der Waals surface area contributed by atoms with E-state index in [0.29, 0.717) is 12.3 Å². The largest absolute Gasteiger partial charge is 0.389 e. The lowest BCUT2D eigenvalue weighted by molar-refractivity contribution is 0.0136. The molecule has 124 valence electrons. The summed E-state index contributed by atoms with van der Waals surface area (Å²) in [6, 6.07) is 11.7. The van der Waals surface area contributed by atoms with Crippen LogP contribution in [-0.4, -0.2) is 47.2 Å². The molecule has 0 bridgehead atoms. The van der Waals surface area contributed by atoms with Crippen LogP contribution in [0.15, 0.2) is 36.4 Å². The molecule has 1 aromatic heterocycles. The van der Waals surface area contributed by atoms with Gasteiger partial charge in [0.2, 0.25) is 0 Å². The predicted molar refractivity (Wildman–Crippen MR) is 89.3 cm³/mol. The lowest BCUT2D eigenvalue weighted by Crippen LogP contribution is -2.36. The molecule has 0 saturated heterocycles. The van der Waals surface area contributed by atoms with Crippen LogP contribution >= 0.6 is 0 Å². The van der Waals surface area contributed by atoms with Crippen molar-refractivity contribution in [1.82, 2.24) is 9.88 Å². The van der Waals surface area contributed by atoms with E-state index in [1.165, 1.54) is 4.90 Å². The van der Waals surface area contributed by atoms with Crippen molar-refractivity contribution in [3.8, 4) is 0 Å². The molecule has 0 aliphatic heterocycles. The zero-order chi connectivity index (χ0) is 16.8. The summed E-state index contributed by atoms with van der Waals surface area (Å²) in [5.41, 5.74) is 3.49. The van der Waals surface area contributed by atoms with Crippen molar-refractivity contribution in [3.05, 3.63) is 58.9 Å². The number of hydrogen-bond donors (Lipinski definition) is 2. The fourth-order valence-electron chi connectivity index (χ4n) is 2.48. The second-order valence-electron chi connectivity index (χ2n) is 5.85. The summed E-state index contributed by atoms with van der Waals surface area (Å²) in [6.45, 7) is 4.67. The number of aromatic nitrogens is 1. The molecule has 1 aromatic carbocycles. The number of H-pyrrole nitrogens is 1. The first kappa shape index (κ1) is 17.2. The molecule has 0 fully saturated rings. The Balaban J connectivity index is 1.79. The molecule has 1 amide bonds. The summed E-state index contributed by atoms with van der Waals surface area (Å²) in [5, 5.41) is 10.0. The number of benzene rings is 1. The number of ether oxygens (including phenoxy) is 1. The van der Waals surface area contributed by atoms with E-state index >= 15 is 0 Å². The summed E-state index contributed by atoms with van der Waals surface area (Å²) in [7, 11) is 1.68. The minimum atomic E-state index is -0.718. The van der Waals surface area contributed by atoms with Crippen molar-refractivity contribution in [2.75, 3.05) is 20.2 Å². The number of hydrogen-bond acceptors (Lipinski definition) is 3. The monoisotopic (exact) mass is 316 g/mol. The SMILES string of the molecule is Cc1cc(C)c(C(=O)N(C)CC(O)COCc2ccccc2)[nH]1. The van der Waals surface area contributed by atoms with Gasteiger partial charge in [-0.15, -0.1) is 0 Å². The molecule has 2 rings (SSSR count). The number of rotatable bonds is 7. The molecule has 2 N–H and O–H groups in total. The predicted octanol–water partition coefficient (Wildman–Crippen LogP) is 2.28. The molecule has 23 heavy (non-hydrogen) atoms. The Morgan fingerprint density at radius 3 is 2.61 bits per heavy atom. The van der Waals surface area contributed by atoms with Gasteiger partial charge in [-0.25, -0.2) is 0 Å². The minimum absolute atomic E-state index is 0.127. The Bertz CT molecular complexity index is 637. The highest BCUT2D eigenvalue weighted by atomic mass is 16.5. The Morgan fingerprint density at radius 2 is 2.00 bits per heavy atom. The Labute approximate surface area is 136 Å². The van der Waals surface area contributed by atoms with Crippen molar-refractivity contribution < 1.29 is 14.6 Å². The second-order valence-corrected chi connectivity index (χ2v) is 5.85. The van der Waals surface area contributed by atoms with Crippen molar-refractivity contribution >= 4 is 5.91 Å². The molecular weight excluding hydrogens is 292 g/mol. The molecule has 0 aliphatic rings. The molecular formula is C18H24N2O3. The Hall–Kier alpha value is -2.11. The lowest BCUT2D eigenvalue weighted by atomic mass is 10.2. The van der Waals surface area contributed by atoms with Crippen LogP contribution in [0, 0.1) is 13.8 Å². The number of carbonyl (C=O) groups is 1. The van der Waals surface area contributed by atoms with E-state index in [1.807, 2.05) is 50.2 Å². The zero-order valence-electron chi connectivity index (χ0n) is 13.9. The van der Waals surface area contributed by atoms with Crippen molar-refractivity contribution in [3.63, 3.8) is 0 Å². The minimum Gasteiger partial charge on any atom is -0.389 e. The average molecular weight is 316 g/mol. The van der Waals surface area contributed by atoms with Crippen LogP contribution in [0.25, 0.3) is 0 Å². The summed E-state index contributed by atoms with van der Waals surface area (Å²) in [6.07, 6.45) is -0.718. The first-order valence-corrected chi connectivity index (χ1v) is 7.68. The molecule has 0 aliphatic carbocycles. The van der Waals surface area contributed by atoms with E-state index in [1.54, 1.807) is 7.05 Å². The molecule has 0 spiro atoms. The summed E-state index contributed by atoms with van der Waals surface area (Å²) < 4.78 is 5.50. The van der Waals surface area contributed by atoms with Gasteiger partial charge in [0, 0.05) is 19.3 Å². The van der Waals surface area contributed by atoms with Gasteiger partial charge in [-0.3, -0.25) is 4.79 Å². The fraction of sp³-hybridized carbons (Fsp3) is 0.389. The van der Waals surface area contributed by atoms with Crippen LogP contribution in [0.4, 0.5) is 0 Å². The van der Waals surface area contributed by atoms with Crippen molar-refractivity contribution in [2.24, 2.45) is 0 Å². The fourth-order valence-corrected chi connectivity index (χ4v) is 2.48. The van der Waals surface area contributed by atoms with Gasteiger partial charge in [-0.2, -0.15) is 0 Å². The van der Waals surface area contributed by atoms with Crippen molar-refractivity contribution in [2.45, 2.75) is 26.6 Å². The first-order chi connectivity index (χ1) is 11.0. The Kier molecular flexibility index (Phi) is 5.96. The van der Waals surface area contributed by atoms with E-state index < -0.39 is 6.10 Å². The van der Waals surface area contributed by atoms with Gasteiger partial charge >= 0.3 is 0 Å². The van der Waals surface area contributed by atoms with Crippen LogP contribution < -0.4 is 0 Å². The quantitative estimate of drug-likeness (QED) is 0.823. The number of nitrogens with one attached hydrogen (secondary N) is 1. The van der Waals surface area contributed by atoms with Crippen LogP contribution in [0.3, 0.4) is 0 Å². The van der Waals surface area contributed by atoms with E-state index in [0.717, 1.165) is 16.8 Å². The van der Waals surface area contributed by atoms with Gasteiger partial charge < -0.3 is 19.7 Å². The average Bonchev–Trinajstić information content (AvgIpc) is 2.86. The maximum atomic E-state index is 12.4. The van der Waals surface area contributed by atoms with Gasteiger partial charge in [0.25, 0.3) is 5.91 Å². The van der Waals surface area contributed by atoms with Gasteiger partial charge in [0.1, 0.15) is 5.69 Å². The number of carbonyl (C=O) groups excluding carboxylic acids is 1. The maximum absolute atomic E-state index is 12.4. The molecule has 1 atom stereocenters. The van der Waals surface area contributed by atoms with E-state index in [2.05, 4.69) is 4.98 Å². The molecule has 1 unspecified atom stereocenters. The number of nitrogens with zero attached hydrogens (tertiary/aromatic N) is 1. The third-order valence-electron chi connectivity index (χ3n) is 3.62. The highest BCUT2D eigenvalue weighted by Gasteiger charge is 2.18. The zero-order valence-corrected chi connectivity index (χ0v) is 13.9. The molecule has 5 heteroatoms. The van der Waals surface area contributed by atoms with E-state index in [4.69, 9.17) is 4.74 Å². The molecule has 1 heterocycles. The third kappa shape index (κ3) is 4.94. The summed E-state index contributed by atoms with van der Waals surface area (Å²) >= 11 is 0. The molecule has 0 saturated carbocycles. The molecule has 5 nitrogen and oxygen atoms in total. The van der Waals surface area contributed by atoms with Crippen LogP contribution in [-0.2, 0) is 11.3 Å². The molecule has 2 aromatic rings. The second kappa shape index (κ2) is 7.94. The van der Waals surface area contributed by atoms with Crippen LogP contribution in [0.5, 0.6) is 0 Å². The smallest absolute Gasteiger partial charge is 0.270 e. The summed E-state index contributed by atoms with van der Waals surface area (Å²) in [4.78, 5) is 16.9. The van der Waals surface area contributed by atoms with E-state index in [9.17, 15) is 9.90 Å². The Morgan fingerprint density at radius 1 is 1.30 bits per heavy atom. The number of aryl methyl sites for hydroxylation is 2. The highest BCUT2D eigenvalue weighted by molar-refractivity contribution is 5.93. The third-order valence-corrected chi connectivity index (χ3v) is 3.62. The van der Waals surface area contributed by atoms with Crippen molar-refractivity contribution in [1.29, 1.82) is 0 Å².